The maximum absolute atomic E-state index is 12.5. The third-order valence-electron chi connectivity index (χ3n) is 3.60. The van der Waals surface area contributed by atoms with E-state index in [0.29, 0.717) is 16.6 Å². The zero-order valence-corrected chi connectivity index (χ0v) is 14.2. The molecule has 0 saturated carbocycles. The smallest absolute Gasteiger partial charge is 0.339 e. The SMILES string of the molecule is C[C@H](OC(=O)c1cc(Cl)nc2ccccc12)C(=O)Nc1ccccc1. The Morgan fingerprint density at radius 3 is 2.52 bits per heavy atom. The highest BCUT2D eigenvalue weighted by Crippen LogP contribution is 2.22. The van der Waals surface area contributed by atoms with Gasteiger partial charge in [0.05, 0.1) is 11.1 Å². The second kappa shape index (κ2) is 7.32. The summed E-state index contributed by atoms with van der Waals surface area (Å²) < 4.78 is 5.30. The van der Waals surface area contributed by atoms with Crippen molar-refractivity contribution in [3.63, 3.8) is 0 Å². The van der Waals surface area contributed by atoms with Gasteiger partial charge in [-0.3, -0.25) is 4.79 Å². The summed E-state index contributed by atoms with van der Waals surface area (Å²) in [5.41, 5.74) is 1.49. The average Bonchev–Trinajstić information content (AvgIpc) is 2.61. The molecule has 0 radical (unpaired) electrons. The number of aromatic nitrogens is 1. The number of nitrogens with zero attached hydrogens (tertiary/aromatic N) is 1. The molecule has 3 rings (SSSR count). The van der Waals surface area contributed by atoms with Crippen LogP contribution in [0.25, 0.3) is 10.9 Å². The molecule has 0 spiro atoms. The van der Waals surface area contributed by atoms with Gasteiger partial charge >= 0.3 is 5.97 Å². The number of benzene rings is 2. The van der Waals surface area contributed by atoms with Crippen molar-refractivity contribution in [2.75, 3.05) is 5.32 Å². The highest BCUT2D eigenvalue weighted by Gasteiger charge is 2.21. The van der Waals surface area contributed by atoms with E-state index in [1.165, 1.54) is 13.0 Å². The quantitative estimate of drug-likeness (QED) is 0.566. The molecule has 1 atom stereocenters. The topological polar surface area (TPSA) is 68.3 Å². The zero-order chi connectivity index (χ0) is 17.8. The molecule has 3 aromatic rings. The van der Waals surface area contributed by atoms with Crippen LogP contribution in [0.1, 0.15) is 17.3 Å². The normalized spacial score (nSPS) is 11.8. The molecule has 0 aliphatic heterocycles. The Morgan fingerprint density at radius 1 is 1.08 bits per heavy atom. The van der Waals surface area contributed by atoms with Crippen molar-refractivity contribution >= 4 is 40.1 Å². The van der Waals surface area contributed by atoms with Gasteiger partial charge < -0.3 is 10.1 Å². The number of anilines is 1. The highest BCUT2D eigenvalue weighted by atomic mass is 35.5. The van der Waals surface area contributed by atoms with Crippen LogP contribution in [0.2, 0.25) is 5.15 Å². The lowest BCUT2D eigenvalue weighted by molar-refractivity contribution is -0.123. The molecule has 1 aromatic heterocycles. The number of hydrogen-bond acceptors (Lipinski definition) is 4. The number of carbonyl (C=O) groups is 2. The molecule has 0 saturated heterocycles. The fraction of sp³-hybridized carbons (Fsp3) is 0.105. The molecule has 6 heteroatoms. The van der Waals surface area contributed by atoms with Gasteiger partial charge in [0.15, 0.2) is 6.10 Å². The van der Waals surface area contributed by atoms with E-state index < -0.39 is 18.0 Å². The molecule has 126 valence electrons. The van der Waals surface area contributed by atoms with Crippen molar-refractivity contribution in [3.8, 4) is 0 Å². The first kappa shape index (κ1) is 16.9. The Bertz CT molecular complexity index is 928. The molecule has 0 unspecified atom stereocenters. The van der Waals surface area contributed by atoms with E-state index in [1.54, 1.807) is 48.5 Å². The predicted octanol–water partition coefficient (Wildman–Crippen LogP) is 4.07. The van der Waals surface area contributed by atoms with Crippen molar-refractivity contribution < 1.29 is 14.3 Å². The van der Waals surface area contributed by atoms with Crippen molar-refractivity contribution in [1.29, 1.82) is 0 Å². The Balaban J connectivity index is 1.77. The maximum atomic E-state index is 12.5. The van der Waals surface area contributed by atoms with Gasteiger partial charge in [0.1, 0.15) is 5.15 Å². The third-order valence-corrected chi connectivity index (χ3v) is 3.79. The van der Waals surface area contributed by atoms with E-state index in [4.69, 9.17) is 16.3 Å². The molecule has 1 amide bonds. The number of carbonyl (C=O) groups excluding carboxylic acids is 2. The zero-order valence-electron chi connectivity index (χ0n) is 13.4. The van der Waals surface area contributed by atoms with Crippen LogP contribution >= 0.6 is 11.6 Å². The third kappa shape index (κ3) is 3.95. The molecule has 0 aliphatic rings. The summed E-state index contributed by atoms with van der Waals surface area (Å²) >= 11 is 5.98. The summed E-state index contributed by atoms with van der Waals surface area (Å²) in [6.45, 7) is 1.52. The minimum Gasteiger partial charge on any atom is -0.449 e. The second-order valence-corrected chi connectivity index (χ2v) is 5.80. The van der Waals surface area contributed by atoms with Crippen LogP contribution in [0.3, 0.4) is 0 Å². The lowest BCUT2D eigenvalue weighted by atomic mass is 10.1. The monoisotopic (exact) mass is 354 g/mol. The summed E-state index contributed by atoms with van der Waals surface area (Å²) in [7, 11) is 0. The molecule has 0 aliphatic carbocycles. The van der Waals surface area contributed by atoms with Crippen LogP contribution in [0, 0.1) is 0 Å². The van der Waals surface area contributed by atoms with Gasteiger partial charge in [0, 0.05) is 11.1 Å². The second-order valence-electron chi connectivity index (χ2n) is 5.41. The van der Waals surface area contributed by atoms with Gasteiger partial charge in [-0.15, -0.1) is 0 Å². The largest absolute Gasteiger partial charge is 0.449 e. The molecular formula is C19H15ClN2O3. The Morgan fingerprint density at radius 2 is 1.76 bits per heavy atom. The Hall–Kier alpha value is -2.92. The van der Waals surface area contributed by atoms with Crippen LogP contribution in [0.15, 0.2) is 60.7 Å². The Labute approximate surface area is 149 Å². The van der Waals surface area contributed by atoms with Crippen molar-refractivity contribution in [2.24, 2.45) is 0 Å². The van der Waals surface area contributed by atoms with Crippen molar-refractivity contribution in [2.45, 2.75) is 13.0 Å². The Kier molecular flexibility index (Phi) is 4.95. The number of para-hydroxylation sites is 2. The molecule has 0 bridgehead atoms. The highest BCUT2D eigenvalue weighted by molar-refractivity contribution is 6.30. The minimum absolute atomic E-state index is 0.187. The lowest BCUT2D eigenvalue weighted by Crippen LogP contribution is -2.30. The molecule has 1 N–H and O–H groups in total. The van der Waals surface area contributed by atoms with Crippen LogP contribution in [0.5, 0.6) is 0 Å². The van der Waals surface area contributed by atoms with Crippen molar-refractivity contribution in [3.05, 3.63) is 71.4 Å². The fourth-order valence-corrected chi connectivity index (χ4v) is 2.56. The van der Waals surface area contributed by atoms with Gasteiger partial charge in [-0.1, -0.05) is 48.0 Å². The number of esters is 1. The van der Waals surface area contributed by atoms with Gasteiger partial charge in [-0.2, -0.15) is 0 Å². The number of pyridine rings is 1. The standard InChI is InChI=1S/C19H15ClN2O3/c1-12(18(23)21-13-7-3-2-4-8-13)25-19(24)15-11-17(20)22-16-10-6-5-9-14(15)16/h2-12H,1H3,(H,21,23)/t12-/m0/s1. The maximum Gasteiger partial charge on any atom is 0.339 e. The first-order chi connectivity index (χ1) is 12.0. The summed E-state index contributed by atoms with van der Waals surface area (Å²) in [6, 6.07) is 17.5. The summed E-state index contributed by atoms with van der Waals surface area (Å²) in [4.78, 5) is 28.8. The molecule has 5 nitrogen and oxygen atoms in total. The molecule has 1 heterocycles. The van der Waals surface area contributed by atoms with Gasteiger partial charge in [-0.25, -0.2) is 9.78 Å². The number of halogens is 1. The number of amides is 1. The summed E-state index contributed by atoms with van der Waals surface area (Å²) in [6.07, 6.45) is -0.960. The number of rotatable bonds is 4. The summed E-state index contributed by atoms with van der Waals surface area (Å²) in [5.74, 6) is -1.04. The van der Waals surface area contributed by atoms with E-state index in [2.05, 4.69) is 10.3 Å². The van der Waals surface area contributed by atoms with E-state index in [0.717, 1.165) is 0 Å². The van der Waals surface area contributed by atoms with Gasteiger partial charge in [0.25, 0.3) is 5.91 Å². The number of ether oxygens (including phenoxy) is 1. The first-order valence-electron chi connectivity index (χ1n) is 7.67. The predicted molar refractivity (Wildman–Crippen MR) is 96.7 cm³/mol. The minimum atomic E-state index is -0.960. The number of nitrogens with one attached hydrogen (secondary N) is 1. The molecule has 2 aromatic carbocycles. The van der Waals surface area contributed by atoms with Gasteiger partial charge in [-0.05, 0) is 31.2 Å². The molecule has 0 fully saturated rings. The summed E-state index contributed by atoms with van der Waals surface area (Å²) in [5, 5.41) is 3.50. The van der Waals surface area contributed by atoms with E-state index >= 15 is 0 Å². The average molecular weight is 355 g/mol. The van der Waals surface area contributed by atoms with E-state index in [9.17, 15) is 9.59 Å². The fourth-order valence-electron chi connectivity index (χ4n) is 2.35. The van der Waals surface area contributed by atoms with E-state index in [-0.39, 0.29) is 10.7 Å². The van der Waals surface area contributed by atoms with Crippen molar-refractivity contribution in [1.82, 2.24) is 4.98 Å². The van der Waals surface area contributed by atoms with Gasteiger partial charge in [0.2, 0.25) is 0 Å². The lowest BCUT2D eigenvalue weighted by Gasteiger charge is -2.14. The number of fused-ring (bicyclic) bond motifs is 1. The van der Waals surface area contributed by atoms with Crippen LogP contribution in [0.4, 0.5) is 5.69 Å². The molecular weight excluding hydrogens is 340 g/mol. The van der Waals surface area contributed by atoms with Crippen LogP contribution in [-0.2, 0) is 9.53 Å². The van der Waals surface area contributed by atoms with E-state index in [1.807, 2.05) is 6.07 Å². The van der Waals surface area contributed by atoms with Crippen LogP contribution < -0.4 is 5.32 Å². The van der Waals surface area contributed by atoms with Crippen LogP contribution in [-0.4, -0.2) is 23.0 Å². The molecule has 25 heavy (non-hydrogen) atoms. The number of hydrogen-bond donors (Lipinski definition) is 1. The first-order valence-corrected chi connectivity index (χ1v) is 8.04.